The maximum absolute atomic E-state index is 14.0. The number of imidazole rings is 3. The average Bonchev–Trinajstić information content (AvgIpc) is 1.74. The van der Waals surface area contributed by atoms with Crippen LogP contribution in [0.3, 0.4) is 0 Å². The van der Waals surface area contributed by atoms with Gasteiger partial charge in [0.15, 0.2) is 5.69 Å². The monoisotopic (exact) mass is 1420 g/mol. The van der Waals surface area contributed by atoms with E-state index in [-0.39, 0.29) is 63.8 Å². The normalized spacial score (nSPS) is 14.2. The highest BCUT2D eigenvalue weighted by atomic mass is 35.5. The maximum atomic E-state index is 14.0. The first-order valence-corrected chi connectivity index (χ1v) is 33.5. The summed E-state index contributed by atoms with van der Waals surface area (Å²) in [6, 6.07) is 14.1. The molecule has 0 saturated carbocycles. The number of rotatable bonds is 17. The lowest BCUT2D eigenvalue weighted by Gasteiger charge is -2.33. The van der Waals surface area contributed by atoms with E-state index in [1.165, 1.54) is 59.3 Å². The molecule has 0 saturated heterocycles. The Labute approximate surface area is 582 Å². The Bertz CT molecular complexity index is 4740. The van der Waals surface area contributed by atoms with Crippen molar-refractivity contribution in [3.05, 3.63) is 143 Å². The van der Waals surface area contributed by atoms with Crippen LogP contribution in [0.2, 0.25) is 5.02 Å². The Kier molecular flexibility index (Phi) is 22.6. The zero-order chi connectivity index (χ0) is 73.2. The number of halogens is 10. The summed E-state index contributed by atoms with van der Waals surface area (Å²) in [6.45, 7) is 29.5. The first kappa shape index (κ1) is 74.6. The molecular weight excluding hydrogens is 1350 g/mol. The summed E-state index contributed by atoms with van der Waals surface area (Å²) >= 11 is 6.62. The van der Waals surface area contributed by atoms with E-state index in [0.717, 1.165) is 107 Å². The second-order valence-electron chi connectivity index (χ2n) is 25.1. The molecular formula is C71H78ClF9N16O4. The molecule has 0 bridgehead atoms. The molecule has 1 N–H and O–H groups in total. The van der Waals surface area contributed by atoms with Gasteiger partial charge < -0.3 is 23.8 Å². The molecule has 3 aliphatic rings. The van der Waals surface area contributed by atoms with Crippen LogP contribution in [0.1, 0.15) is 119 Å². The van der Waals surface area contributed by atoms with Gasteiger partial charge in [0.2, 0.25) is 11.9 Å². The number of hydrogen-bond donors (Lipinski definition) is 1. The average molecular weight is 1430 g/mol. The first-order chi connectivity index (χ1) is 47.9. The van der Waals surface area contributed by atoms with Crippen LogP contribution in [0, 0.1) is 48.1 Å². The van der Waals surface area contributed by atoms with E-state index in [1.54, 1.807) is 11.5 Å². The topological polar surface area (TPSA) is 190 Å². The second-order valence-corrected chi connectivity index (χ2v) is 25.5. The number of benzene rings is 6. The van der Waals surface area contributed by atoms with Crippen molar-refractivity contribution in [3.8, 4) is 0 Å². The van der Waals surface area contributed by atoms with Gasteiger partial charge in [-0.1, -0.05) is 25.4 Å². The molecule has 0 atom stereocenters. The number of fused-ring (bicyclic) bond motifs is 6. The quantitative estimate of drug-likeness (QED) is 0.0229. The number of likely N-dealkylation sites (N-methyl/N-ethyl adjacent to an activating group) is 1. The van der Waals surface area contributed by atoms with Crippen LogP contribution in [0.15, 0.2) is 85.3 Å². The lowest BCUT2D eigenvalue weighted by atomic mass is 9.91. The summed E-state index contributed by atoms with van der Waals surface area (Å²) in [7, 11) is 3.96. The maximum Gasteiger partial charge on any atom is 0.491 e. The molecule has 3 aromatic heterocycles. The number of aryl methyl sites for hydroxylation is 5. The van der Waals surface area contributed by atoms with Crippen LogP contribution >= 0.6 is 11.6 Å². The molecule has 3 aliphatic heterocycles. The highest BCUT2D eigenvalue weighted by molar-refractivity contribution is 6.34. The fourth-order valence-electron chi connectivity index (χ4n) is 13.4. The zero-order valence-electron chi connectivity index (χ0n) is 58.1. The predicted octanol–water partition coefficient (Wildman–Crippen LogP) is 21.0. The molecule has 0 aliphatic carbocycles. The third kappa shape index (κ3) is 15.7. The van der Waals surface area contributed by atoms with Gasteiger partial charge in [0.25, 0.3) is 5.95 Å². The Morgan fingerprint density at radius 3 is 1.92 bits per heavy atom. The third-order valence-corrected chi connectivity index (χ3v) is 19.0. The van der Waals surface area contributed by atoms with Crippen LogP contribution in [-0.4, -0.2) is 86.5 Å². The molecule has 20 nitrogen and oxygen atoms in total. The summed E-state index contributed by atoms with van der Waals surface area (Å²) in [5.41, 5.74) is 16.5. The van der Waals surface area contributed by atoms with Crippen molar-refractivity contribution in [2.75, 3.05) is 61.1 Å². The highest BCUT2D eigenvalue weighted by Gasteiger charge is 2.38. The molecule has 30 heteroatoms. The van der Waals surface area contributed by atoms with Gasteiger partial charge in [-0.2, -0.15) is 26.3 Å². The minimum atomic E-state index is -4.92. The summed E-state index contributed by atoms with van der Waals surface area (Å²) < 4.78 is 125. The summed E-state index contributed by atoms with van der Waals surface area (Å²) in [5.74, 6) is 0.0686. The van der Waals surface area contributed by atoms with E-state index in [0.29, 0.717) is 76.9 Å². The smallest absolute Gasteiger partial charge is 0.373 e. The Balaban J connectivity index is 0.000000165. The van der Waals surface area contributed by atoms with Crippen molar-refractivity contribution in [1.82, 2.24) is 28.7 Å². The summed E-state index contributed by atoms with van der Waals surface area (Å²) in [6.07, 6.45) is -7.95. The van der Waals surface area contributed by atoms with Gasteiger partial charge in [0.05, 0.1) is 86.2 Å². The van der Waals surface area contributed by atoms with Crippen molar-refractivity contribution in [2.24, 2.45) is 37.7 Å². The van der Waals surface area contributed by atoms with Crippen molar-refractivity contribution in [1.29, 1.82) is 0 Å². The van der Waals surface area contributed by atoms with E-state index >= 15 is 0 Å². The van der Waals surface area contributed by atoms with Crippen LogP contribution in [-0.2, 0) is 79.6 Å². The van der Waals surface area contributed by atoms with E-state index in [1.807, 2.05) is 65.4 Å². The third-order valence-electron chi connectivity index (χ3n) is 18.5. The minimum absolute atomic E-state index is 0.0644. The Hall–Kier alpha value is -9.08. The molecule has 536 valence electrons. The SMILES string of the molecule is CCc1c2c(cc(C)c1N=Nc1nc3cc(COO)c(C)cc3n1C)N(CC)CCC2.CCn1c(N=Nc2c(C)c(Cl)c3c(c2C)CCN3C)nc2cc(C)c(C(F)(F)F)cc21.[C-]#[N+]c1cc2c(cc1COOCCC)nc(N=Nc1ccc3c(c1C)CCCN3CC(F)(F)F)n2C(F)(F)F. The largest absolute Gasteiger partial charge is 0.491 e. The first-order valence-electron chi connectivity index (χ1n) is 33.1. The molecule has 9 aromatic rings. The summed E-state index contributed by atoms with van der Waals surface area (Å²) in [4.78, 5) is 36.6. The highest BCUT2D eigenvalue weighted by Crippen LogP contribution is 2.47. The number of anilines is 3. The molecule has 0 fully saturated rings. The van der Waals surface area contributed by atoms with E-state index < -0.39 is 36.7 Å². The lowest BCUT2D eigenvalue weighted by Crippen LogP contribution is -2.37. The molecule has 0 radical (unpaired) electrons. The van der Waals surface area contributed by atoms with Gasteiger partial charge in [0.1, 0.15) is 13.2 Å². The number of alkyl halides is 9. The summed E-state index contributed by atoms with van der Waals surface area (Å²) in [5, 5.41) is 35.3. The van der Waals surface area contributed by atoms with Crippen molar-refractivity contribution in [3.63, 3.8) is 0 Å². The van der Waals surface area contributed by atoms with Gasteiger partial charge in [0, 0.05) is 58.2 Å². The number of aromatic nitrogens is 6. The van der Waals surface area contributed by atoms with Crippen molar-refractivity contribution < 1.29 is 59.4 Å². The van der Waals surface area contributed by atoms with E-state index in [4.69, 9.17) is 38.3 Å². The van der Waals surface area contributed by atoms with Crippen molar-refractivity contribution in [2.45, 2.75) is 153 Å². The fraction of sp³-hybridized carbons (Fsp3) is 0.437. The van der Waals surface area contributed by atoms with Crippen LogP contribution in [0.25, 0.3) is 37.9 Å². The molecule has 0 amide bonds. The lowest BCUT2D eigenvalue weighted by molar-refractivity contribution is -0.303. The molecule has 12 rings (SSSR count). The van der Waals surface area contributed by atoms with Crippen LogP contribution in [0.5, 0.6) is 0 Å². The Morgan fingerprint density at radius 1 is 0.604 bits per heavy atom. The van der Waals surface area contributed by atoms with Gasteiger partial charge in [-0.3, -0.25) is 5.26 Å². The van der Waals surface area contributed by atoms with Crippen LogP contribution in [0.4, 0.5) is 97.2 Å². The minimum Gasteiger partial charge on any atom is -0.373 e. The second kappa shape index (κ2) is 30.6. The zero-order valence-corrected chi connectivity index (χ0v) is 58.9. The van der Waals surface area contributed by atoms with E-state index in [9.17, 15) is 39.5 Å². The number of nitrogens with zero attached hydrogens (tertiary/aromatic N) is 16. The molecule has 0 unspecified atom stereocenters. The van der Waals surface area contributed by atoms with Gasteiger partial charge in [-0.15, -0.1) is 43.9 Å². The standard InChI is InChI=1S/C25H24F6N6O2.C24H31N5O2.C22H23ClF3N5/c1-4-10-38-39-13-16-11-20-22(12-19(16)32-3)37(25(29,30)31)23(33-20)35-34-18-7-8-21-17(15(18)2)6-5-9-36(21)14-24(26,27)28;1-6-18-19-9-8-10-29(7-2)21(19)12-16(4)23(18)26-27-24-25-20-13-17(14-31-30)15(3)11-22(20)28(24)5;1-6-31-17-10-15(22(24,25)26)11(2)9-16(17)27-21(31)29-28-19-12(3)14-7-8-30(5)20(14)18(23)13(19)4/h7-8,11-12H,4-6,9-10,13-14H2,1-2H3;11-13,30H,6-10,14H2,1-5H3;9-10H,6-8H2,1-5H3. The molecule has 6 heterocycles. The van der Waals surface area contributed by atoms with E-state index in [2.05, 4.69) is 86.9 Å². The van der Waals surface area contributed by atoms with Gasteiger partial charge in [-0.05, 0) is 222 Å². The molecule has 0 spiro atoms. The van der Waals surface area contributed by atoms with Gasteiger partial charge >= 0.3 is 18.7 Å². The Morgan fingerprint density at radius 2 is 1.26 bits per heavy atom. The number of azo groups is 3. The molecule has 101 heavy (non-hydrogen) atoms. The number of hydrogen-bond acceptors (Lipinski definition) is 16. The van der Waals surface area contributed by atoms with Crippen molar-refractivity contribution >= 4 is 102 Å². The molecule has 6 aromatic carbocycles. The predicted molar refractivity (Wildman–Crippen MR) is 371 cm³/mol. The van der Waals surface area contributed by atoms with Crippen LogP contribution < -0.4 is 14.7 Å². The van der Waals surface area contributed by atoms with Gasteiger partial charge in [-0.25, -0.2) is 39.0 Å². The fourth-order valence-corrected chi connectivity index (χ4v) is 13.7.